The number of rotatable bonds is 4. The molecular formula is C21H26ClN5O2. The summed E-state index contributed by atoms with van der Waals surface area (Å²) in [6.45, 7) is 5.62. The molecule has 1 spiro atoms. The summed E-state index contributed by atoms with van der Waals surface area (Å²) in [4.78, 5) is 32.5. The Hall–Kier alpha value is -2.54. The summed E-state index contributed by atoms with van der Waals surface area (Å²) < 4.78 is 1.75. The molecule has 2 aliphatic heterocycles. The molecular weight excluding hydrogens is 390 g/mol. The van der Waals surface area contributed by atoms with Gasteiger partial charge in [0, 0.05) is 37.4 Å². The van der Waals surface area contributed by atoms with E-state index in [1.54, 1.807) is 20.7 Å². The lowest BCUT2D eigenvalue weighted by Gasteiger charge is -2.48. The Morgan fingerprint density at radius 2 is 1.93 bits per heavy atom. The first-order chi connectivity index (χ1) is 13.8. The Balaban J connectivity index is 1.69. The number of piperazine rings is 1. The molecule has 154 valence electrons. The van der Waals surface area contributed by atoms with Crippen LogP contribution in [0.5, 0.6) is 0 Å². The summed E-state index contributed by atoms with van der Waals surface area (Å²) in [5, 5.41) is 4.91. The summed E-state index contributed by atoms with van der Waals surface area (Å²) in [7, 11) is 1.87. The van der Waals surface area contributed by atoms with Gasteiger partial charge in [-0.15, -0.1) is 0 Å². The number of benzene rings is 1. The molecule has 0 bridgehead atoms. The Labute approximate surface area is 175 Å². The molecule has 7 nitrogen and oxygen atoms in total. The number of amides is 2. The summed E-state index contributed by atoms with van der Waals surface area (Å²) in [5.74, 6) is 0.0220. The molecule has 0 radical (unpaired) electrons. The van der Waals surface area contributed by atoms with Crippen molar-refractivity contribution < 1.29 is 9.59 Å². The van der Waals surface area contributed by atoms with Gasteiger partial charge in [0.2, 0.25) is 5.91 Å². The first-order valence-corrected chi connectivity index (χ1v) is 10.3. The first-order valence-electron chi connectivity index (χ1n) is 9.90. The van der Waals surface area contributed by atoms with Crippen LogP contribution in [0.4, 0.5) is 5.69 Å². The number of aryl methyl sites for hydroxylation is 1. The van der Waals surface area contributed by atoms with Crippen molar-refractivity contribution in [3.63, 3.8) is 0 Å². The highest BCUT2D eigenvalue weighted by Gasteiger charge is 2.56. The van der Waals surface area contributed by atoms with E-state index in [0.29, 0.717) is 31.1 Å². The summed E-state index contributed by atoms with van der Waals surface area (Å²) in [6.07, 6.45) is 4.35. The predicted molar refractivity (Wildman–Crippen MR) is 112 cm³/mol. The van der Waals surface area contributed by atoms with Gasteiger partial charge >= 0.3 is 0 Å². The van der Waals surface area contributed by atoms with Gasteiger partial charge in [-0.3, -0.25) is 14.3 Å². The molecule has 4 rings (SSSR count). The van der Waals surface area contributed by atoms with Gasteiger partial charge in [-0.2, -0.15) is 5.10 Å². The number of halogens is 1. The molecule has 2 aliphatic rings. The Bertz CT molecular complexity index is 925. The summed E-state index contributed by atoms with van der Waals surface area (Å²) in [6, 6.07) is 7.44. The normalized spacial score (nSPS) is 22.4. The maximum absolute atomic E-state index is 13.6. The summed E-state index contributed by atoms with van der Waals surface area (Å²) in [5.41, 5.74) is 1.07. The summed E-state index contributed by atoms with van der Waals surface area (Å²) >= 11 is 6.01. The zero-order valence-electron chi connectivity index (χ0n) is 17.0. The fourth-order valence-electron chi connectivity index (χ4n) is 4.33. The largest absolute Gasteiger partial charge is 0.366 e. The van der Waals surface area contributed by atoms with E-state index in [4.69, 9.17) is 11.6 Å². The number of anilines is 1. The molecule has 2 fully saturated rings. The third-order valence-electron chi connectivity index (χ3n) is 5.96. The second kappa shape index (κ2) is 7.37. The molecule has 2 saturated heterocycles. The maximum atomic E-state index is 13.6. The molecule has 8 heteroatoms. The number of aromatic nitrogens is 2. The molecule has 0 aliphatic carbocycles. The maximum Gasteiger partial charge on any atom is 0.251 e. The smallest absolute Gasteiger partial charge is 0.251 e. The number of hydrogen-bond donors (Lipinski definition) is 0. The zero-order chi connectivity index (χ0) is 20.8. The van der Waals surface area contributed by atoms with Crippen molar-refractivity contribution in [2.75, 3.05) is 24.5 Å². The monoisotopic (exact) mass is 415 g/mol. The van der Waals surface area contributed by atoms with Crippen LogP contribution in [0.3, 0.4) is 0 Å². The van der Waals surface area contributed by atoms with Gasteiger partial charge in [0.15, 0.2) is 0 Å². The third kappa shape index (κ3) is 3.48. The molecule has 1 aromatic heterocycles. The van der Waals surface area contributed by atoms with E-state index >= 15 is 0 Å². The fraction of sp³-hybridized carbons (Fsp3) is 0.476. The van der Waals surface area contributed by atoms with Crippen molar-refractivity contribution in [2.45, 2.75) is 38.4 Å². The van der Waals surface area contributed by atoms with E-state index in [-0.39, 0.29) is 24.4 Å². The molecule has 2 amide bonds. The molecule has 2 aromatic rings. The van der Waals surface area contributed by atoms with Crippen LogP contribution in [0.1, 0.15) is 25.8 Å². The van der Waals surface area contributed by atoms with Crippen LogP contribution in [0.25, 0.3) is 0 Å². The number of carbonyl (C=O) groups excluding carboxylic acids is 2. The van der Waals surface area contributed by atoms with Crippen molar-refractivity contribution >= 4 is 29.1 Å². The molecule has 1 aromatic carbocycles. The van der Waals surface area contributed by atoms with Gasteiger partial charge in [0.05, 0.1) is 18.4 Å². The van der Waals surface area contributed by atoms with Gasteiger partial charge in [-0.25, -0.2) is 0 Å². The lowest BCUT2D eigenvalue weighted by molar-refractivity contribution is -0.166. The standard InChI is InChI=1S/C21H26ClN5O2/c1-15(2)26-13-19(28)27(11-16-4-6-17(22)7-5-16)21(20(26)29)8-9-25(14-21)18-10-23-24(3)12-18/h4-7,10,12,15H,8-9,11,13-14H2,1-3H3/t21-/m1/s1. The second-order valence-electron chi connectivity index (χ2n) is 8.21. The highest BCUT2D eigenvalue weighted by molar-refractivity contribution is 6.30. The van der Waals surface area contributed by atoms with Crippen LogP contribution in [0.15, 0.2) is 36.7 Å². The molecule has 0 N–H and O–H groups in total. The minimum atomic E-state index is -0.866. The van der Waals surface area contributed by atoms with Gasteiger partial charge in [0.25, 0.3) is 5.91 Å². The lowest BCUT2D eigenvalue weighted by Crippen LogP contribution is -2.69. The highest BCUT2D eigenvalue weighted by atomic mass is 35.5. The van der Waals surface area contributed by atoms with Crippen molar-refractivity contribution in [1.29, 1.82) is 0 Å². The Kier molecular flexibility index (Phi) is 5.02. The van der Waals surface area contributed by atoms with Crippen LogP contribution in [0, 0.1) is 0 Å². The molecule has 0 saturated carbocycles. The molecule has 1 atom stereocenters. The average molecular weight is 416 g/mol. The minimum Gasteiger partial charge on any atom is -0.366 e. The zero-order valence-corrected chi connectivity index (χ0v) is 17.8. The van der Waals surface area contributed by atoms with E-state index in [2.05, 4.69) is 10.00 Å². The van der Waals surface area contributed by atoms with Gasteiger partial charge in [0.1, 0.15) is 12.1 Å². The molecule has 29 heavy (non-hydrogen) atoms. The van der Waals surface area contributed by atoms with Crippen LogP contribution in [-0.4, -0.2) is 62.6 Å². The fourth-order valence-corrected chi connectivity index (χ4v) is 4.46. The number of nitrogens with zero attached hydrogens (tertiary/aromatic N) is 5. The van der Waals surface area contributed by atoms with E-state index in [1.165, 1.54) is 0 Å². The van der Waals surface area contributed by atoms with Crippen LogP contribution in [-0.2, 0) is 23.2 Å². The number of hydrogen-bond acceptors (Lipinski definition) is 4. The topological polar surface area (TPSA) is 61.7 Å². The molecule has 3 heterocycles. The van der Waals surface area contributed by atoms with E-state index < -0.39 is 5.54 Å². The van der Waals surface area contributed by atoms with Crippen LogP contribution in [0.2, 0.25) is 5.02 Å². The average Bonchev–Trinajstić information content (AvgIpc) is 3.31. The first kappa shape index (κ1) is 19.8. The number of carbonyl (C=O) groups is 2. The van der Waals surface area contributed by atoms with Crippen molar-refractivity contribution in [3.8, 4) is 0 Å². The van der Waals surface area contributed by atoms with Crippen molar-refractivity contribution in [2.24, 2.45) is 7.05 Å². The lowest BCUT2D eigenvalue weighted by atomic mass is 9.89. The minimum absolute atomic E-state index is 0.0127. The predicted octanol–water partition coefficient (Wildman–Crippen LogP) is 2.30. The van der Waals surface area contributed by atoms with Crippen LogP contribution >= 0.6 is 11.6 Å². The van der Waals surface area contributed by atoms with Gasteiger partial charge in [-0.1, -0.05) is 23.7 Å². The quantitative estimate of drug-likeness (QED) is 0.768. The third-order valence-corrected chi connectivity index (χ3v) is 6.22. The van der Waals surface area contributed by atoms with Gasteiger partial charge < -0.3 is 14.7 Å². The van der Waals surface area contributed by atoms with Crippen LogP contribution < -0.4 is 4.90 Å². The molecule has 0 unspecified atom stereocenters. The van der Waals surface area contributed by atoms with E-state index in [0.717, 1.165) is 11.3 Å². The second-order valence-corrected chi connectivity index (χ2v) is 8.64. The highest BCUT2D eigenvalue weighted by Crippen LogP contribution is 2.37. The Morgan fingerprint density at radius 1 is 1.21 bits per heavy atom. The van der Waals surface area contributed by atoms with Crippen molar-refractivity contribution in [1.82, 2.24) is 19.6 Å². The van der Waals surface area contributed by atoms with Crippen molar-refractivity contribution in [3.05, 3.63) is 47.2 Å². The van der Waals surface area contributed by atoms with E-state index in [1.807, 2.05) is 51.4 Å². The SMILES string of the molecule is CC(C)N1CC(=O)N(Cc2ccc(Cl)cc2)[C@@]2(CCN(c3cnn(C)c3)C2)C1=O. The van der Waals surface area contributed by atoms with E-state index in [9.17, 15) is 9.59 Å². The Morgan fingerprint density at radius 3 is 2.55 bits per heavy atom. The van der Waals surface area contributed by atoms with Gasteiger partial charge in [-0.05, 0) is 38.0 Å².